The van der Waals surface area contributed by atoms with Crippen molar-refractivity contribution in [3.05, 3.63) is 35.6 Å². The molecule has 0 spiro atoms. The van der Waals surface area contributed by atoms with Gasteiger partial charge in [0.15, 0.2) is 0 Å². The standard InChI is InChI=1S/C15H19FIN3S/c16-14-5-3-13(4-6-14)11-19-9-1-2-10-20(21-17)12-15(19)7-8-18/h3-6,15H,1-2,7,9-12H2. The largest absolute Gasteiger partial charge is 0.294 e. The zero-order valence-electron chi connectivity index (χ0n) is 11.8. The molecule has 1 unspecified atom stereocenters. The quantitative estimate of drug-likeness (QED) is 0.545. The summed E-state index contributed by atoms with van der Waals surface area (Å²) < 4.78 is 15.3. The first-order chi connectivity index (χ1) is 10.2. The molecule has 0 amide bonds. The zero-order valence-corrected chi connectivity index (χ0v) is 14.8. The fourth-order valence-electron chi connectivity index (χ4n) is 2.62. The van der Waals surface area contributed by atoms with E-state index in [1.165, 1.54) is 18.6 Å². The van der Waals surface area contributed by atoms with Crippen LogP contribution in [0, 0.1) is 17.1 Å². The third-order valence-corrected chi connectivity index (χ3v) is 5.96. The molecule has 0 saturated carbocycles. The summed E-state index contributed by atoms with van der Waals surface area (Å²) in [6.07, 6.45) is 2.85. The van der Waals surface area contributed by atoms with E-state index in [4.69, 9.17) is 5.26 Å². The highest BCUT2D eigenvalue weighted by Gasteiger charge is 2.23. The number of rotatable bonds is 4. The molecular formula is C15H19FIN3S. The van der Waals surface area contributed by atoms with Crippen LogP contribution in [0.15, 0.2) is 24.3 Å². The van der Waals surface area contributed by atoms with Crippen molar-refractivity contribution in [2.45, 2.75) is 31.8 Å². The van der Waals surface area contributed by atoms with Crippen molar-refractivity contribution in [1.29, 1.82) is 5.26 Å². The summed E-state index contributed by atoms with van der Waals surface area (Å²) >= 11 is 2.31. The lowest BCUT2D eigenvalue weighted by Crippen LogP contribution is -2.44. The van der Waals surface area contributed by atoms with Crippen molar-refractivity contribution in [3.8, 4) is 6.07 Å². The Hall–Kier alpha value is -0.360. The molecule has 1 heterocycles. The van der Waals surface area contributed by atoms with Gasteiger partial charge in [-0.2, -0.15) is 5.26 Å². The van der Waals surface area contributed by atoms with E-state index in [1.807, 2.05) is 12.1 Å². The second-order valence-electron chi connectivity index (χ2n) is 5.28. The van der Waals surface area contributed by atoms with Crippen molar-refractivity contribution in [2.24, 2.45) is 0 Å². The van der Waals surface area contributed by atoms with Gasteiger partial charge in [-0.15, -0.1) is 0 Å². The molecule has 1 aliphatic rings. The molecule has 1 fully saturated rings. The molecule has 1 aliphatic heterocycles. The van der Waals surface area contributed by atoms with Crippen LogP contribution in [-0.4, -0.2) is 34.9 Å². The number of hydrogen-bond acceptors (Lipinski definition) is 4. The number of hydrogen-bond donors (Lipinski definition) is 0. The van der Waals surface area contributed by atoms with Gasteiger partial charge in [-0.05, 0) is 46.2 Å². The third-order valence-electron chi connectivity index (χ3n) is 3.76. The van der Waals surface area contributed by atoms with Gasteiger partial charge >= 0.3 is 0 Å². The zero-order chi connectivity index (χ0) is 15.1. The van der Waals surface area contributed by atoms with Gasteiger partial charge < -0.3 is 0 Å². The van der Waals surface area contributed by atoms with Crippen LogP contribution in [-0.2, 0) is 6.54 Å². The molecule has 0 aromatic heterocycles. The fraction of sp³-hybridized carbons (Fsp3) is 0.533. The number of benzene rings is 1. The van der Waals surface area contributed by atoms with E-state index in [9.17, 15) is 4.39 Å². The predicted octanol–water partition coefficient (Wildman–Crippen LogP) is 4.00. The van der Waals surface area contributed by atoms with Crippen molar-refractivity contribution in [3.63, 3.8) is 0 Å². The first-order valence-corrected chi connectivity index (χ1v) is 10.4. The first-order valence-electron chi connectivity index (χ1n) is 7.12. The highest BCUT2D eigenvalue weighted by Crippen LogP contribution is 2.24. The van der Waals surface area contributed by atoms with E-state index in [0.29, 0.717) is 6.42 Å². The molecule has 1 aromatic carbocycles. The highest BCUT2D eigenvalue weighted by molar-refractivity contribution is 14.2. The third kappa shape index (κ3) is 5.40. The Morgan fingerprint density at radius 2 is 2.00 bits per heavy atom. The van der Waals surface area contributed by atoms with E-state index in [0.717, 1.165) is 38.2 Å². The van der Waals surface area contributed by atoms with Crippen LogP contribution in [0.25, 0.3) is 0 Å². The van der Waals surface area contributed by atoms with E-state index in [1.54, 1.807) is 9.12 Å². The van der Waals surface area contributed by atoms with Crippen molar-refractivity contribution in [1.82, 2.24) is 9.21 Å². The lowest BCUT2D eigenvalue weighted by molar-refractivity contribution is 0.148. The Kier molecular flexibility index (Phi) is 7.23. The van der Waals surface area contributed by atoms with Gasteiger partial charge in [0.2, 0.25) is 0 Å². The van der Waals surface area contributed by atoms with E-state index in [-0.39, 0.29) is 11.9 Å². The molecule has 3 nitrogen and oxygen atoms in total. The van der Waals surface area contributed by atoms with E-state index >= 15 is 0 Å². The van der Waals surface area contributed by atoms with E-state index in [2.05, 4.69) is 36.5 Å². The van der Waals surface area contributed by atoms with Crippen molar-refractivity contribution >= 4 is 30.3 Å². The molecule has 0 N–H and O–H groups in total. The molecule has 0 radical (unpaired) electrons. The van der Waals surface area contributed by atoms with Crippen LogP contribution in [0.5, 0.6) is 0 Å². The molecule has 2 rings (SSSR count). The Morgan fingerprint density at radius 3 is 2.67 bits per heavy atom. The maximum Gasteiger partial charge on any atom is 0.123 e. The molecule has 114 valence electrons. The highest BCUT2D eigenvalue weighted by atomic mass is 127. The summed E-state index contributed by atoms with van der Waals surface area (Å²) in [6.45, 7) is 3.78. The summed E-state index contributed by atoms with van der Waals surface area (Å²) in [5.74, 6) is -0.201. The lowest BCUT2D eigenvalue weighted by Gasteiger charge is -2.35. The van der Waals surface area contributed by atoms with Crippen molar-refractivity contribution in [2.75, 3.05) is 19.6 Å². The number of nitrogens with zero attached hydrogens (tertiary/aromatic N) is 3. The molecular weight excluding hydrogens is 400 g/mol. The number of nitriles is 1. The second-order valence-corrected chi connectivity index (χ2v) is 7.11. The van der Waals surface area contributed by atoms with Gasteiger partial charge in [0.05, 0.1) is 12.5 Å². The Bertz CT molecular complexity index is 477. The topological polar surface area (TPSA) is 30.3 Å². The lowest BCUT2D eigenvalue weighted by atomic mass is 10.1. The Morgan fingerprint density at radius 1 is 1.29 bits per heavy atom. The predicted molar refractivity (Wildman–Crippen MR) is 93.2 cm³/mol. The van der Waals surface area contributed by atoms with Crippen LogP contribution in [0.4, 0.5) is 4.39 Å². The van der Waals surface area contributed by atoms with Crippen LogP contribution < -0.4 is 0 Å². The monoisotopic (exact) mass is 419 g/mol. The van der Waals surface area contributed by atoms with Gasteiger partial charge in [-0.25, -0.2) is 8.70 Å². The average Bonchev–Trinajstić information content (AvgIpc) is 2.48. The summed E-state index contributed by atoms with van der Waals surface area (Å²) in [6, 6.07) is 9.24. The van der Waals surface area contributed by atoms with Gasteiger partial charge in [-0.1, -0.05) is 12.1 Å². The van der Waals surface area contributed by atoms with Crippen LogP contribution in [0.3, 0.4) is 0 Å². The Balaban J connectivity index is 2.08. The average molecular weight is 419 g/mol. The van der Waals surface area contributed by atoms with Crippen LogP contribution in [0.2, 0.25) is 0 Å². The summed E-state index contributed by atoms with van der Waals surface area (Å²) in [4.78, 5) is 2.37. The number of halogens is 2. The molecule has 6 heteroatoms. The molecule has 1 aromatic rings. The van der Waals surface area contributed by atoms with Crippen molar-refractivity contribution < 1.29 is 4.39 Å². The van der Waals surface area contributed by atoms with E-state index < -0.39 is 0 Å². The van der Waals surface area contributed by atoms with Gasteiger partial charge in [-0.3, -0.25) is 4.90 Å². The summed E-state index contributed by atoms with van der Waals surface area (Å²) in [7, 11) is 1.73. The minimum atomic E-state index is -0.201. The smallest absolute Gasteiger partial charge is 0.123 e. The molecule has 0 aliphatic carbocycles. The van der Waals surface area contributed by atoms with Gasteiger partial charge in [0.1, 0.15) is 5.82 Å². The minimum Gasteiger partial charge on any atom is -0.294 e. The summed E-state index contributed by atoms with van der Waals surface area (Å²) in [5.41, 5.74) is 1.11. The molecule has 21 heavy (non-hydrogen) atoms. The summed E-state index contributed by atoms with van der Waals surface area (Å²) in [5, 5.41) is 9.11. The molecule has 0 bridgehead atoms. The first kappa shape index (κ1) is 17.0. The maximum absolute atomic E-state index is 13.0. The second kappa shape index (κ2) is 8.93. The van der Waals surface area contributed by atoms with Crippen LogP contribution >= 0.6 is 30.3 Å². The molecule has 1 atom stereocenters. The fourth-order valence-corrected chi connectivity index (χ4v) is 4.12. The van der Waals surface area contributed by atoms with Gasteiger partial charge in [0, 0.05) is 46.9 Å². The van der Waals surface area contributed by atoms with Gasteiger partial charge in [0.25, 0.3) is 0 Å². The normalized spacial score (nSPS) is 21.5. The Labute approximate surface area is 142 Å². The molecule has 1 saturated heterocycles. The van der Waals surface area contributed by atoms with Crippen LogP contribution in [0.1, 0.15) is 24.8 Å². The SMILES string of the molecule is N#CCC1CN(SI)CCCCN1Cc1ccc(F)cc1. The maximum atomic E-state index is 13.0. The minimum absolute atomic E-state index is 0.201.